The van der Waals surface area contributed by atoms with Gasteiger partial charge in [-0.3, -0.25) is 101 Å². The van der Waals surface area contributed by atoms with Gasteiger partial charge in [-0.15, -0.1) is 0 Å². The lowest BCUT2D eigenvalue weighted by Crippen LogP contribution is -2.63. The monoisotopic (exact) mass is 1820 g/mol. The third-order valence-corrected chi connectivity index (χ3v) is 20.2. The van der Waals surface area contributed by atoms with Crippen LogP contribution in [-0.4, -0.2) is 274 Å². The Kier molecular flexibility index (Phi) is 41.8. The summed E-state index contributed by atoms with van der Waals surface area (Å²) in [6.07, 6.45) is -5.57. The molecule has 1 aliphatic rings. The van der Waals surface area contributed by atoms with E-state index in [1.807, 2.05) is 0 Å². The average Bonchev–Trinajstić information content (AvgIpc) is 1.67. The van der Waals surface area contributed by atoms with Crippen LogP contribution in [0.25, 0.3) is 21.8 Å². The molecule has 5 aromatic rings. The SMILES string of the molecule is CC(=O)N[C@@H]1CC(=O)NC[C@H](C(=O)N[C@@H](Cc2ccc(O)cc2)C(=O)N[C@@H](Cc2c[nH]c3ccccc23)C(=O)N[C@@H](CCCNC(=N)N)C(=O)N[C@@H](CCC(=O)O)C(=O)N[C@@H](CC(N)=O)C(=O)NCC(=O)NCCOCC(=O)N[C@H](CCCCN)C(N)=O)NC(=O)[C@H](CCC(N)=O)NC(=O)[C@H](Cc2c[nH]c3ccccc23)NC(=O)[C@H]([C@@H](C)O)NC(=O)[C@H](CCC(N)=O)NC1=O. The van der Waals surface area contributed by atoms with Crippen LogP contribution in [0.1, 0.15) is 114 Å². The highest BCUT2D eigenvalue weighted by atomic mass is 16.5. The molecule has 0 spiro atoms. The molecular formula is C81H113N25O24. The summed E-state index contributed by atoms with van der Waals surface area (Å²) >= 11 is 0. The van der Waals surface area contributed by atoms with E-state index < -0.39 is 300 Å². The maximum Gasteiger partial charge on any atom is 0.303 e. The van der Waals surface area contributed by atoms with Gasteiger partial charge in [-0.05, 0) is 106 Å². The maximum atomic E-state index is 15.6. The molecule has 1 aliphatic heterocycles. The first kappa shape index (κ1) is 104. The Bertz CT molecular complexity index is 4910. The number of aliphatic hydroxyl groups excluding tert-OH is 1. The van der Waals surface area contributed by atoms with Crippen LogP contribution in [0.15, 0.2) is 85.2 Å². The lowest BCUT2D eigenvalue weighted by Gasteiger charge is -2.29. The fraction of sp³-hybridized carbons (Fsp3) is 0.469. The van der Waals surface area contributed by atoms with Crippen LogP contribution in [-0.2, 0) is 120 Å². The number of para-hydroxylation sites is 2. The number of benzene rings is 3. The highest BCUT2D eigenvalue weighted by molar-refractivity contribution is 6.02. The van der Waals surface area contributed by atoms with Crippen molar-refractivity contribution in [3.63, 3.8) is 0 Å². The van der Waals surface area contributed by atoms with Gasteiger partial charge in [0.05, 0.1) is 32.1 Å². The molecule has 0 unspecified atom stereocenters. The molecule has 0 radical (unpaired) electrons. The van der Waals surface area contributed by atoms with Crippen LogP contribution in [0.3, 0.4) is 0 Å². The first-order valence-corrected chi connectivity index (χ1v) is 41.4. The average molecular weight is 1820 g/mol. The van der Waals surface area contributed by atoms with Gasteiger partial charge in [0.1, 0.15) is 84.9 Å². The standard InChI is InChI=1S/C81H113N25O24/c1-40(107)68-80(129)104-57(32-44-36-92-49-13-6-4-11-47(44)49)77(126)99-52(20-23-61(83)110)73(122)105-60(37-93-64(113)34-59(95-41(2)108)78(127)100-53(74(123)106-68)21-24-62(84)111)79(128)101-55(30-42-16-18-45(109)19-17-42)75(124)102-56(31-43-35-91-48-12-5-3-10-46(43)48)76(125)97-51(15-9-27-90-81(87)88)71(120)98-54(22-25-67(116)117)72(121)103-58(33-63(85)112)70(119)94-38-65(114)89-28-29-130-39-66(115)96-50(69(86)118)14-7-8-26-82/h3-6,10-13,16-19,35-36,40,50-60,68,91-92,107,109H,7-9,14-15,20-34,37-39,82H2,1-2H3,(H2,83,110)(H2,84,111)(H2,85,112)(H2,86,118)(H,89,114)(H,93,113)(H,94,119)(H,95,108)(H,96,115)(H,97,125)(H,98,120)(H,99,126)(H,100,127)(H,101,128)(H,102,124)(H,103,121)(H,104,129)(H,105,122)(H,106,123)(H,116,117)(H4,87,88,90)/t40-,50-,51+,52+,53+,54+,55+,56+,57+,58+,59-,60-,68+/m1/s1. The number of aromatic amines is 2. The number of ether oxygens (including phenoxy) is 1. The fourth-order valence-electron chi connectivity index (χ4n) is 13.4. The predicted molar refractivity (Wildman–Crippen MR) is 460 cm³/mol. The van der Waals surface area contributed by atoms with Gasteiger partial charge in [-0.2, -0.15) is 0 Å². The van der Waals surface area contributed by atoms with Gasteiger partial charge in [-0.25, -0.2) is 0 Å². The lowest BCUT2D eigenvalue weighted by atomic mass is 10.0. The Labute approximate surface area is 742 Å². The summed E-state index contributed by atoms with van der Waals surface area (Å²) in [5.74, 6) is -23.6. The molecule has 49 heteroatoms. The summed E-state index contributed by atoms with van der Waals surface area (Å²) in [6, 6.07) is -3.57. The number of primary amides is 4. The number of H-pyrrole nitrogens is 2. The number of phenols is 1. The summed E-state index contributed by atoms with van der Waals surface area (Å²) in [5.41, 5.74) is 34.9. The van der Waals surface area contributed by atoms with E-state index in [1.165, 1.54) is 36.7 Å². The van der Waals surface area contributed by atoms with Crippen LogP contribution in [0.4, 0.5) is 0 Å². The highest BCUT2D eigenvalue weighted by Crippen LogP contribution is 2.23. The molecule has 0 aliphatic carbocycles. The van der Waals surface area contributed by atoms with Crippen molar-refractivity contribution in [3.05, 3.63) is 102 Å². The zero-order chi connectivity index (χ0) is 95.8. The summed E-state index contributed by atoms with van der Waals surface area (Å²) in [6.45, 7) is -0.589. The Morgan fingerprint density at radius 1 is 0.538 bits per heavy atom. The van der Waals surface area contributed by atoms with Crippen molar-refractivity contribution in [3.8, 4) is 5.75 Å². The van der Waals surface area contributed by atoms with Crippen LogP contribution in [0, 0.1) is 5.41 Å². The minimum Gasteiger partial charge on any atom is -0.508 e. The number of hydrogen-bond acceptors (Lipinski definition) is 25. The number of carboxylic acid groups (broad SMARTS) is 1. The number of aromatic nitrogens is 2. The first-order valence-electron chi connectivity index (χ1n) is 41.4. The van der Waals surface area contributed by atoms with Crippen molar-refractivity contribution in [2.45, 2.75) is 195 Å². The number of aliphatic carboxylic acids is 1. The normalized spacial score (nSPS) is 18.0. The molecule has 1 saturated heterocycles. The van der Waals surface area contributed by atoms with Crippen molar-refractivity contribution in [1.82, 2.24) is 95.0 Å². The molecule has 0 bridgehead atoms. The molecule has 1 fully saturated rings. The number of unbranched alkanes of at least 4 members (excludes halogenated alkanes) is 1. The topological polar surface area (TPSA) is 815 Å². The van der Waals surface area contributed by atoms with Crippen LogP contribution in [0.2, 0.25) is 0 Å². The minimum atomic E-state index is -2.14. The molecule has 6 rings (SSSR count). The van der Waals surface area contributed by atoms with Crippen molar-refractivity contribution in [2.24, 2.45) is 34.4 Å². The fourth-order valence-corrected chi connectivity index (χ4v) is 13.4. The second-order valence-electron chi connectivity index (χ2n) is 30.6. The van der Waals surface area contributed by atoms with Crippen molar-refractivity contribution in [2.75, 3.05) is 45.9 Å². The molecule has 130 heavy (non-hydrogen) atoms. The van der Waals surface area contributed by atoms with E-state index in [1.54, 1.807) is 48.5 Å². The molecule has 49 nitrogen and oxygen atoms in total. The van der Waals surface area contributed by atoms with E-state index in [4.69, 9.17) is 44.5 Å². The van der Waals surface area contributed by atoms with Gasteiger partial charge in [0, 0.05) is 99.3 Å². The number of aliphatic hydroxyl groups is 1. The summed E-state index contributed by atoms with van der Waals surface area (Å²) in [7, 11) is 0. The second kappa shape index (κ2) is 52.3. The number of carboxylic acids is 1. The molecule has 19 amide bonds. The van der Waals surface area contributed by atoms with Gasteiger partial charge in [0.25, 0.3) is 0 Å². The number of guanidine groups is 1. The number of carbonyl (C=O) groups excluding carboxylic acids is 19. The minimum absolute atomic E-state index is 0.130. The Hall–Kier alpha value is -14.9. The number of nitrogens with two attached hydrogens (primary N) is 6. The smallest absolute Gasteiger partial charge is 0.303 e. The summed E-state index contributed by atoms with van der Waals surface area (Å²) in [4.78, 5) is 282. The second-order valence-corrected chi connectivity index (χ2v) is 30.6. The number of rotatable bonds is 47. The molecule has 13 atom stereocenters. The number of fused-ring (bicyclic) bond motifs is 2. The van der Waals surface area contributed by atoms with E-state index in [2.05, 4.69) is 95.0 Å². The van der Waals surface area contributed by atoms with E-state index in [-0.39, 0.29) is 43.9 Å². The largest absolute Gasteiger partial charge is 0.508 e. The Morgan fingerprint density at radius 2 is 1.08 bits per heavy atom. The summed E-state index contributed by atoms with van der Waals surface area (Å²) in [5, 5.41) is 78.7. The third-order valence-electron chi connectivity index (χ3n) is 20.2. The van der Waals surface area contributed by atoms with E-state index >= 15 is 19.2 Å². The van der Waals surface area contributed by atoms with Crippen molar-refractivity contribution in [1.29, 1.82) is 5.41 Å². The van der Waals surface area contributed by atoms with Gasteiger partial charge < -0.3 is 149 Å². The number of phenolic OH excluding ortho intramolecular Hbond substituents is 1. The third kappa shape index (κ3) is 35.5. The molecule has 3 aromatic carbocycles. The lowest BCUT2D eigenvalue weighted by molar-refractivity contribution is -0.139. The molecule has 706 valence electrons. The molecule has 2 aromatic heterocycles. The number of carbonyl (C=O) groups is 20. The molecular weight excluding hydrogens is 1710 g/mol. The van der Waals surface area contributed by atoms with E-state index in [9.17, 15) is 92.0 Å². The zero-order valence-corrected chi connectivity index (χ0v) is 71.2. The zero-order valence-electron chi connectivity index (χ0n) is 71.2. The van der Waals surface area contributed by atoms with Gasteiger partial charge in [0.15, 0.2) is 5.96 Å². The van der Waals surface area contributed by atoms with E-state index in [0.29, 0.717) is 52.3 Å². The van der Waals surface area contributed by atoms with Gasteiger partial charge >= 0.3 is 5.97 Å². The maximum absolute atomic E-state index is 15.6. The van der Waals surface area contributed by atoms with Gasteiger partial charge in [0.2, 0.25) is 112 Å². The first-order chi connectivity index (χ1) is 61.7. The Balaban J connectivity index is 1.36. The van der Waals surface area contributed by atoms with Crippen LogP contribution in [0.5, 0.6) is 5.75 Å². The molecule has 0 saturated carbocycles. The summed E-state index contributed by atoms with van der Waals surface area (Å²) < 4.78 is 5.26. The number of hydrogen-bond donors (Lipinski definition) is 28. The number of aromatic hydroxyl groups is 1. The Morgan fingerprint density at radius 3 is 1.65 bits per heavy atom. The van der Waals surface area contributed by atoms with Crippen LogP contribution >= 0.6 is 0 Å². The van der Waals surface area contributed by atoms with Crippen LogP contribution < -0.4 is 119 Å². The van der Waals surface area contributed by atoms with Gasteiger partial charge in [-0.1, -0.05) is 48.5 Å². The molecule has 34 N–H and O–H groups in total. The number of nitrogens with one attached hydrogen (secondary N) is 19. The van der Waals surface area contributed by atoms with Crippen molar-refractivity contribution < 1.29 is 116 Å². The van der Waals surface area contributed by atoms with E-state index in [0.717, 1.165) is 13.8 Å². The molecule has 3 heterocycles. The quantitative estimate of drug-likeness (QED) is 0.00977. The number of amides is 19. The highest BCUT2D eigenvalue weighted by Gasteiger charge is 2.40. The van der Waals surface area contributed by atoms with Crippen molar-refractivity contribution >= 4 is 146 Å². The predicted octanol–water partition coefficient (Wildman–Crippen LogP) is -9.48.